The Balaban J connectivity index is 0.000000197. The first-order chi connectivity index (χ1) is 65.8. The van der Waals surface area contributed by atoms with E-state index >= 15 is 0 Å². The maximum absolute atomic E-state index is 14.2. The van der Waals surface area contributed by atoms with Crippen molar-refractivity contribution in [3.05, 3.63) is 265 Å². The van der Waals surface area contributed by atoms with E-state index in [0.717, 1.165) is 141 Å². The number of anilines is 6. The Kier molecular flexibility index (Phi) is 31.4. The average Bonchev–Trinajstić information content (AvgIpc) is 1.62. The molecule has 27 heteroatoms. The monoisotopic (exact) mass is 1920 g/mol. The van der Waals surface area contributed by atoms with Gasteiger partial charge in [0.05, 0.1) is 106 Å². The summed E-state index contributed by atoms with van der Waals surface area (Å²) in [6.45, 7) is 25.2. The Labute approximate surface area is 820 Å². The molecular weight excluding hydrogens is 1800 g/mol. The molecular formula is C110H125N9O14S4. The Bertz CT molecular complexity index is 6310. The molecule has 8 aliphatic rings. The van der Waals surface area contributed by atoms with Crippen LogP contribution in [0.2, 0.25) is 0 Å². The van der Waals surface area contributed by atoms with Crippen molar-refractivity contribution in [3.8, 4) is 34.5 Å². The molecule has 0 N–H and O–H groups in total. The predicted molar refractivity (Wildman–Crippen MR) is 559 cm³/mol. The third-order valence-corrected chi connectivity index (χ3v) is 32.7. The summed E-state index contributed by atoms with van der Waals surface area (Å²) in [6, 6.07) is 59.8. The summed E-state index contributed by atoms with van der Waals surface area (Å²) in [7, 11) is 2.60. The summed E-state index contributed by atoms with van der Waals surface area (Å²) in [6.07, 6.45) is 16.4. The summed E-state index contributed by atoms with van der Waals surface area (Å²) in [4.78, 5) is 83.2. The van der Waals surface area contributed by atoms with Crippen LogP contribution in [0.4, 0.5) is 51.2 Å². The molecule has 0 bridgehead atoms. The Morgan fingerprint density at radius 1 is 0.387 bits per heavy atom. The normalized spacial score (nSPS) is 17.1. The lowest BCUT2D eigenvalue weighted by atomic mass is 9.99. The van der Waals surface area contributed by atoms with E-state index in [-0.39, 0.29) is 110 Å². The van der Waals surface area contributed by atoms with Crippen LogP contribution in [0.1, 0.15) is 171 Å². The summed E-state index contributed by atoms with van der Waals surface area (Å²) in [5.41, 5.74) is 20.6. The zero-order valence-corrected chi connectivity index (χ0v) is 83.0. The standard InChI is InChI=1S/C55H62N4O7S2.C54H59N5O7S2.CH4/c1-7-19-63-21-22-64-20-18-57(35-55(3,4)68(6)67)43-25-37(33-65-50-31-47-46(23-36(50)2)54(61)59-44(32-56-47)28-41-13-9-11-15-49(41)59)24-38(26-43)34-66-52-29-39-16-17-42-27-40-12-8-10-14-48(40)58(42)53(60)45(39)30-51(52)62-5;1-7-17-63-19-20-64-18-16-57(34-54(3,4)68(6)67)40-23-36(32-65-49-28-45-43(21-35(49)2)52(60)58-41(30-55-45)25-38-12-8-10-14-47(38)58)22-37(24-40)33-66-51-29-46-44(27-50(51)62-5)53(61)59-42(31-56-46)26-39-13-9-11-15-48(39)59;/h8-15,23-26,29-32,42,44H,7,16-22,27-28,33-35H2,1-6H3;8-15,21-24,27-31,41-42H,7,16-20,25-26,32-34H2,1-6H3;1H4/t42-,44+,68?;41-,42-,68?;/m10./s1. The minimum Gasteiger partial charge on any atom is -0.493 e. The fourth-order valence-electron chi connectivity index (χ4n) is 19.1. The minimum absolute atomic E-state index is 0. The van der Waals surface area contributed by atoms with Gasteiger partial charge in [0.2, 0.25) is 0 Å². The van der Waals surface area contributed by atoms with Gasteiger partial charge in [-0.2, -0.15) is 0 Å². The maximum Gasteiger partial charge on any atom is 0.261 e. The molecule has 0 aliphatic carbocycles. The van der Waals surface area contributed by atoms with Crippen LogP contribution in [-0.4, -0.2) is 182 Å². The second-order valence-corrected chi connectivity index (χ2v) is 44.1. The van der Waals surface area contributed by atoms with Gasteiger partial charge >= 0.3 is 0 Å². The number of carbonyl (C=O) groups excluding carboxylic acids is 4. The molecule has 0 radical (unpaired) electrons. The highest BCUT2D eigenvalue weighted by molar-refractivity contribution is 8.29. The first-order valence-corrected chi connectivity index (χ1v) is 52.2. The summed E-state index contributed by atoms with van der Waals surface area (Å²) in [5.74, 6) is 3.05. The number of methoxy groups -OCH3 is 2. The number of benzene rings is 10. The van der Waals surface area contributed by atoms with Crippen molar-refractivity contribution in [2.45, 2.75) is 174 Å². The van der Waals surface area contributed by atoms with Crippen molar-refractivity contribution in [3.63, 3.8) is 0 Å². The number of hydrogen-bond donors (Lipinski definition) is 0. The van der Waals surface area contributed by atoms with Gasteiger partial charge in [-0.3, -0.25) is 48.9 Å². The van der Waals surface area contributed by atoms with Gasteiger partial charge in [-0.05, 0) is 238 Å². The molecule has 0 saturated carbocycles. The van der Waals surface area contributed by atoms with E-state index in [1.807, 2.05) is 161 Å². The van der Waals surface area contributed by atoms with Gasteiger partial charge in [0.1, 0.15) is 37.9 Å². The van der Waals surface area contributed by atoms with Gasteiger partial charge in [-0.1, -0.05) is 116 Å². The number of amides is 4. The van der Waals surface area contributed by atoms with Crippen LogP contribution < -0.4 is 57.8 Å². The molecule has 0 spiro atoms. The van der Waals surface area contributed by atoms with E-state index in [9.17, 15) is 19.2 Å². The van der Waals surface area contributed by atoms with E-state index in [2.05, 4.69) is 125 Å². The van der Waals surface area contributed by atoms with E-state index < -0.39 is 0 Å². The first-order valence-electron chi connectivity index (χ1n) is 47.1. The number of hydrogen-bond acceptors (Lipinski definition) is 21. The van der Waals surface area contributed by atoms with Crippen LogP contribution in [0.3, 0.4) is 0 Å². The molecule has 0 fully saturated rings. The third kappa shape index (κ3) is 21.8. The molecule has 4 amide bonds. The van der Waals surface area contributed by atoms with Crippen LogP contribution in [0.25, 0.3) is 0 Å². The van der Waals surface area contributed by atoms with Crippen LogP contribution in [0.5, 0.6) is 34.5 Å². The van der Waals surface area contributed by atoms with E-state index in [0.29, 0.717) is 153 Å². The molecule has 0 aromatic heterocycles. The molecule has 10 aromatic carbocycles. The first kappa shape index (κ1) is 98.5. The van der Waals surface area contributed by atoms with Gasteiger partial charge in [0, 0.05) is 151 Å². The lowest BCUT2D eigenvalue weighted by Crippen LogP contribution is -2.43. The molecule has 2 unspecified atom stereocenters. The second kappa shape index (κ2) is 43.7. The summed E-state index contributed by atoms with van der Waals surface area (Å²) >= 11 is 11.8. The highest BCUT2D eigenvalue weighted by atomic mass is 32.8. The third-order valence-electron chi connectivity index (χ3n) is 26.6. The van der Waals surface area contributed by atoms with Crippen LogP contribution in [0.15, 0.2) is 197 Å². The van der Waals surface area contributed by atoms with E-state index in [4.69, 9.17) is 84.7 Å². The lowest BCUT2D eigenvalue weighted by molar-refractivity contribution is 0.0505. The summed E-state index contributed by atoms with van der Waals surface area (Å²) in [5, 5.41) is 0. The van der Waals surface area contributed by atoms with Crippen molar-refractivity contribution in [2.75, 3.05) is 135 Å². The number of aliphatic imine (C=N–C) groups is 3. The van der Waals surface area contributed by atoms with Gasteiger partial charge in [-0.25, -0.2) is 0 Å². The molecule has 0 saturated heterocycles. The van der Waals surface area contributed by atoms with Crippen molar-refractivity contribution in [2.24, 2.45) is 15.0 Å². The van der Waals surface area contributed by atoms with E-state index in [1.54, 1.807) is 26.4 Å². The Hall–Kier alpha value is -11.5. The smallest absolute Gasteiger partial charge is 0.261 e. The molecule has 137 heavy (non-hydrogen) atoms. The average molecular weight is 1930 g/mol. The Morgan fingerprint density at radius 3 is 1.09 bits per heavy atom. The molecule has 8 heterocycles. The quantitative estimate of drug-likeness (QED) is 0.0329. The number of aryl methyl sites for hydroxylation is 3. The maximum atomic E-state index is 14.2. The van der Waals surface area contributed by atoms with Gasteiger partial charge in [0.25, 0.3) is 23.6 Å². The van der Waals surface area contributed by atoms with Crippen LogP contribution in [0, 0.1) is 13.8 Å². The number of fused-ring (bicyclic) bond motifs is 16. The number of nitrogens with zero attached hydrogens (tertiary/aromatic N) is 9. The fraction of sp³-hybridized carbons (Fsp3) is 0.391. The Morgan fingerprint density at radius 2 is 0.715 bits per heavy atom. The molecule has 718 valence electrons. The number of para-hydroxylation sites is 4. The SMILES string of the molecule is C.CCCOCCOCCN(CC(C)(C)S(C)=S)c1cc(COc2cc3c(cc2C)C(=O)N2c4ccccc4C[C@H]2C=N3)cc(COc2cc3c(cc2OC)C(=O)N2c4ccccc4C[C@H]2C=N3)c1.CCCOCCOCCN(CC(C)(C)S(C)=S)c1cc(COc2cc3c(cc2C)C(=O)N2c4ccccc4C[C@H]2C=N3)cc(COc2cc3c(cc2OC)C(=O)N2c4ccccc4C[C@H]2CC3)c1. The predicted octanol–water partition coefficient (Wildman–Crippen LogP) is 19.8. The topological polar surface area (TPSA) is 217 Å². The number of ether oxygens (including phenoxy) is 10. The van der Waals surface area contributed by atoms with Crippen molar-refractivity contribution >= 4 is 135 Å². The van der Waals surface area contributed by atoms with Gasteiger partial charge < -0.3 is 62.1 Å². The van der Waals surface area contributed by atoms with Gasteiger partial charge in [-0.15, -0.1) is 18.9 Å². The largest absolute Gasteiger partial charge is 0.493 e. The zero-order chi connectivity index (χ0) is 95.1. The molecule has 18 rings (SSSR count). The molecule has 23 nitrogen and oxygen atoms in total. The van der Waals surface area contributed by atoms with Crippen molar-refractivity contribution < 1.29 is 66.5 Å². The molecule has 8 aliphatic heterocycles. The van der Waals surface area contributed by atoms with E-state index in [1.165, 1.54) is 5.56 Å². The lowest BCUT2D eigenvalue weighted by Gasteiger charge is -2.35. The summed E-state index contributed by atoms with van der Waals surface area (Å²) < 4.78 is 61.6. The molecule has 10 aromatic rings. The van der Waals surface area contributed by atoms with Crippen molar-refractivity contribution in [1.82, 2.24) is 0 Å². The number of rotatable bonds is 38. The van der Waals surface area contributed by atoms with Crippen LogP contribution in [-0.2, 0) is 119 Å². The van der Waals surface area contributed by atoms with Crippen molar-refractivity contribution in [1.29, 1.82) is 0 Å². The highest BCUT2D eigenvalue weighted by Gasteiger charge is 2.42. The zero-order valence-electron chi connectivity index (χ0n) is 79.7. The highest BCUT2D eigenvalue weighted by Crippen LogP contribution is 2.47. The number of carbonyl (C=O) groups is 4. The fourth-order valence-corrected chi connectivity index (χ4v) is 20.1. The van der Waals surface area contributed by atoms with Crippen LogP contribution >= 0.6 is 0 Å². The minimum atomic E-state index is -0.301. The second-order valence-electron chi connectivity index (χ2n) is 37.1. The molecule has 6 atom stereocenters. The van der Waals surface area contributed by atoms with Gasteiger partial charge in [0.15, 0.2) is 23.0 Å².